The molecule has 0 aliphatic heterocycles. The van der Waals surface area contributed by atoms with Crippen LogP contribution in [0.25, 0.3) is 22.3 Å². The van der Waals surface area contributed by atoms with Gasteiger partial charge in [-0.05, 0) is 82.6 Å². The second-order valence-electron chi connectivity index (χ2n) is 11.3. The fraction of sp³-hybridized carbons (Fsp3) is 0.273. The van der Waals surface area contributed by atoms with Gasteiger partial charge in [-0.25, -0.2) is 0 Å². The second kappa shape index (κ2) is 7.09. The molecule has 0 atom stereocenters. The van der Waals surface area contributed by atoms with Crippen LogP contribution in [0.15, 0.2) is 84.9 Å². The number of anilines is 2. The zero-order chi connectivity index (χ0) is 23.8. The molecule has 0 spiro atoms. The number of nitrogens with zero attached hydrogens (tertiary/aromatic N) is 1. The van der Waals surface area contributed by atoms with Crippen molar-refractivity contribution < 1.29 is 0 Å². The highest BCUT2D eigenvalue weighted by Gasteiger charge is 2.37. The van der Waals surface area contributed by atoms with Crippen LogP contribution in [0.3, 0.4) is 0 Å². The van der Waals surface area contributed by atoms with Crippen LogP contribution in [0.2, 0.25) is 0 Å². The third-order valence-electron chi connectivity index (χ3n) is 8.21. The molecular weight excluding hydrogens is 410 g/mol. The molecule has 6 rings (SSSR count). The van der Waals surface area contributed by atoms with Gasteiger partial charge in [0.05, 0.1) is 0 Å². The summed E-state index contributed by atoms with van der Waals surface area (Å²) in [4.78, 5) is 2.49. The molecule has 170 valence electrons. The average Bonchev–Trinajstić information content (AvgIpc) is 3.19. The molecular formula is C33H33N. The fourth-order valence-corrected chi connectivity index (χ4v) is 6.46. The van der Waals surface area contributed by atoms with E-state index in [0.29, 0.717) is 6.04 Å². The summed E-state index contributed by atoms with van der Waals surface area (Å²) in [6.07, 6.45) is 0. The van der Waals surface area contributed by atoms with Crippen LogP contribution in [-0.2, 0) is 10.8 Å². The van der Waals surface area contributed by atoms with E-state index in [9.17, 15) is 0 Å². The van der Waals surface area contributed by atoms with E-state index in [1.807, 2.05) is 0 Å². The number of hydrogen-bond donors (Lipinski definition) is 0. The zero-order valence-electron chi connectivity index (χ0n) is 21.1. The molecule has 0 N–H and O–H groups in total. The van der Waals surface area contributed by atoms with Crippen LogP contribution in [0.4, 0.5) is 11.4 Å². The highest BCUT2D eigenvalue weighted by atomic mass is 15.2. The molecule has 0 saturated carbocycles. The van der Waals surface area contributed by atoms with Crippen LogP contribution in [0.5, 0.6) is 0 Å². The van der Waals surface area contributed by atoms with Gasteiger partial charge >= 0.3 is 0 Å². The Morgan fingerprint density at radius 2 is 0.882 bits per heavy atom. The lowest BCUT2D eigenvalue weighted by molar-refractivity contribution is 0.660. The van der Waals surface area contributed by atoms with E-state index in [0.717, 1.165) is 0 Å². The molecule has 2 aliphatic rings. The minimum Gasteiger partial charge on any atom is -0.339 e. The quantitative estimate of drug-likeness (QED) is 0.306. The largest absolute Gasteiger partial charge is 0.339 e. The van der Waals surface area contributed by atoms with Crippen molar-refractivity contribution in [1.29, 1.82) is 0 Å². The molecule has 0 bridgehead atoms. The Bertz CT molecular complexity index is 1330. The normalized spacial score (nSPS) is 16.1. The Kier molecular flexibility index (Phi) is 4.43. The molecule has 1 heteroatoms. The first kappa shape index (κ1) is 21.2. The SMILES string of the molecule is CC(C)N(c1ccc2c(c1)-c1ccccc1C2(C)C)c1ccc2c(c1)-c1ccccc1C2(C)C. The van der Waals surface area contributed by atoms with Gasteiger partial charge in [0, 0.05) is 28.2 Å². The maximum Gasteiger partial charge on any atom is 0.0419 e. The predicted molar refractivity (Wildman–Crippen MR) is 145 cm³/mol. The van der Waals surface area contributed by atoms with E-state index >= 15 is 0 Å². The lowest BCUT2D eigenvalue weighted by atomic mass is 9.82. The van der Waals surface area contributed by atoms with Crippen molar-refractivity contribution in [2.45, 2.75) is 58.4 Å². The average molecular weight is 444 g/mol. The van der Waals surface area contributed by atoms with Crippen molar-refractivity contribution in [3.63, 3.8) is 0 Å². The molecule has 2 aliphatic carbocycles. The molecule has 0 unspecified atom stereocenters. The Hall–Kier alpha value is -3.32. The summed E-state index contributed by atoms with van der Waals surface area (Å²) in [7, 11) is 0. The van der Waals surface area contributed by atoms with Gasteiger partial charge < -0.3 is 4.90 Å². The van der Waals surface area contributed by atoms with Crippen LogP contribution in [0, 0.1) is 0 Å². The topological polar surface area (TPSA) is 3.24 Å². The molecule has 4 aromatic carbocycles. The zero-order valence-corrected chi connectivity index (χ0v) is 21.1. The van der Waals surface area contributed by atoms with Crippen LogP contribution < -0.4 is 4.90 Å². The standard InChI is InChI=1S/C33H33N/c1-21(2)34(22-15-17-30-26(19-22)24-11-7-9-13-28(24)32(30,3)4)23-16-18-31-27(20-23)25-12-8-10-14-29(25)33(31,5)6/h7-21H,1-6H3. The molecule has 0 amide bonds. The molecule has 0 aromatic heterocycles. The number of benzene rings is 4. The summed E-state index contributed by atoms with van der Waals surface area (Å²) in [6.45, 7) is 14.0. The summed E-state index contributed by atoms with van der Waals surface area (Å²) in [6, 6.07) is 32.3. The summed E-state index contributed by atoms with van der Waals surface area (Å²) in [5.74, 6) is 0. The summed E-state index contributed by atoms with van der Waals surface area (Å²) in [5.41, 5.74) is 13.8. The van der Waals surface area contributed by atoms with Crippen LogP contribution >= 0.6 is 0 Å². The lowest BCUT2D eigenvalue weighted by Crippen LogP contribution is -2.26. The van der Waals surface area contributed by atoms with Crippen molar-refractivity contribution >= 4 is 11.4 Å². The number of rotatable bonds is 3. The molecule has 0 radical (unpaired) electrons. The number of hydrogen-bond acceptors (Lipinski definition) is 1. The minimum atomic E-state index is 0.0377. The van der Waals surface area contributed by atoms with Crippen molar-refractivity contribution in [1.82, 2.24) is 0 Å². The van der Waals surface area contributed by atoms with Gasteiger partial charge in [0.1, 0.15) is 0 Å². The molecule has 1 nitrogen and oxygen atoms in total. The first-order valence-corrected chi connectivity index (χ1v) is 12.5. The summed E-state index contributed by atoms with van der Waals surface area (Å²) in [5, 5.41) is 0. The van der Waals surface area contributed by atoms with Gasteiger partial charge in [-0.1, -0.05) is 88.4 Å². The Balaban J connectivity index is 1.50. The molecule has 34 heavy (non-hydrogen) atoms. The predicted octanol–water partition coefficient (Wildman–Crippen LogP) is 8.85. The van der Waals surface area contributed by atoms with Gasteiger partial charge in [0.25, 0.3) is 0 Å². The van der Waals surface area contributed by atoms with Gasteiger partial charge in [-0.3, -0.25) is 0 Å². The smallest absolute Gasteiger partial charge is 0.0419 e. The molecule has 0 heterocycles. The Morgan fingerprint density at radius 1 is 0.500 bits per heavy atom. The molecule has 4 aromatic rings. The maximum absolute atomic E-state index is 2.49. The number of fused-ring (bicyclic) bond motifs is 6. The van der Waals surface area contributed by atoms with Crippen LogP contribution in [-0.4, -0.2) is 6.04 Å². The lowest BCUT2D eigenvalue weighted by Gasteiger charge is -2.31. The van der Waals surface area contributed by atoms with E-state index in [1.165, 1.54) is 55.9 Å². The van der Waals surface area contributed by atoms with Gasteiger partial charge in [-0.2, -0.15) is 0 Å². The van der Waals surface area contributed by atoms with Crippen molar-refractivity contribution in [2.75, 3.05) is 4.90 Å². The van der Waals surface area contributed by atoms with Gasteiger partial charge in [0.2, 0.25) is 0 Å². The first-order chi connectivity index (χ1) is 16.2. The summed E-state index contributed by atoms with van der Waals surface area (Å²) < 4.78 is 0. The van der Waals surface area contributed by atoms with E-state index in [1.54, 1.807) is 0 Å². The van der Waals surface area contributed by atoms with E-state index in [2.05, 4.69) is 131 Å². The van der Waals surface area contributed by atoms with Gasteiger partial charge in [0.15, 0.2) is 0 Å². The molecule has 0 saturated heterocycles. The second-order valence-corrected chi connectivity index (χ2v) is 11.3. The fourth-order valence-electron chi connectivity index (χ4n) is 6.46. The van der Waals surface area contributed by atoms with E-state index < -0.39 is 0 Å². The highest BCUT2D eigenvalue weighted by Crippen LogP contribution is 2.52. The first-order valence-electron chi connectivity index (χ1n) is 12.5. The third-order valence-corrected chi connectivity index (χ3v) is 8.21. The van der Waals surface area contributed by atoms with E-state index in [4.69, 9.17) is 0 Å². The van der Waals surface area contributed by atoms with Crippen molar-refractivity contribution in [2.24, 2.45) is 0 Å². The van der Waals surface area contributed by atoms with Crippen molar-refractivity contribution in [3.05, 3.63) is 107 Å². The Labute approximate surface area is 204 Å². The third kappa shape index (κ3) is 2.79. The van der Waals surface area contributed by atoms with Gasteiger partial charge in [-0.15, -0.1) is 0 Å². The summed E-state index contributed by atoms with van der Waals surface area (Å²) >= 11 is 0. The minimum absolute atomic E-state index is 0.0377. The van der Waals surface area contributed by atoms with Crippen LogP contribution in [0.1, 0.15) is 63.8 Å². The Morgan fingerprint density at radius 3 is 1.29 bits per heavy atom. The monoisotopic (exact) mass is 443 g/mol. The highest BCUT2D eigenvalue weighted by molar-refractivity contribution is 5.86. The molecule has 0 fully saturated rings. The maximum atomic E-state index is 2.49. The van der Waals surface area contributed by atoms with E-state index in [-0.39, 0.29) is 10.8 Å². The van der Waals surface area contributed by atoms with Crippen molar-refractivity contribution in [3.8, 4) is 22.3 Å².